The van der Waals surface area contributed by atoms with Crippen molar-refractivity contribution < 1.29 is 93.9 Å². The number of hydrogen-bond acceptors (Lipinski definition) is 17. The molecule has 3 aromatic rings. The molecule has 19 heteroatoms. The number of phenols is 3. The Bertz CT molecular complexity index is 1680. The van der Waals surface area contributed by atoms with E-state index >= 15 is 0 Å². The maximum atomic E-state index is 11.8. The maximum Gasteiger partial charge on any atom is 0.402 e. The minimum absolute atomic E-state index is 0.0263. The Hall–Kier alpha value is -4.57. The molecule has 11 N–H and O–H groups in total. The average molecular weight is 698 g/mol. The fraction of sp³-hybridized carbons (Fsp3) is 0.433. The number of carbonyl (C=O) groups is 2. The standard InChI is InChI=1S/C30H32O19/c31-8-18-22(38)24(40)26(42)29(48-18)46-16-5-11(32)4-15-12(16)6-17(28(45-15)10-1-2-13(33)14(34)3-10)47-30-27(43)25(41)23(39)19(49-30)9-44-21(37)7-20(35)36/h1-6,18-19,22-27,29-31,38-43H,7-9H2,(H3-,32,33,34,35,36)/p+1/t18-,19-,22-,23-,24+,25+,26-,27-,29-,30-/m1/s1. The number of rotatable bonds is 10. The molecule has 0 unspecified atom stereocenters. The summed E-state index contributed by atoms with van der Waals surface area (Å²) >= 11 is 0. The number of ether oxygens (including phenoxy) is 5. The van der Waals surface area contributed by atoms with Gasteiger partial charge in [-0.1, -0.05) is 0 Å². The first-order chi connectivity index (χ1) is 23.2. The van der Waals surface area contributed by atoms with Gasteiger partial charge in [0.25, 0.3) is 0 Å². The molecule has 2 aliphatic rings. The summed E-state index contributed by atoms with van der Waals surface area (Å²) in [5.74, 6) is -5.00. The van der Waals surface area contributed by atoms with Gasteiger partial charge in [0.2, 0.25) is 18.3 Å². The Morgan fingerprint density at radius 1 is 0.735 bits per heavy atom. The number of aliphatic carboxylic acids is 1. The maximum absolute atomic E-state index is 11.8. The monoisotopic (exact) mass is 697 g/mol. The van der Waals surface area contributed by atoms with Crippen LogP contribution < -0.4 is 9.47 Å². The fourth-order valence-corrected chi connectivity index (χ4v) is 5.14. The molecule has 3 heterocycles. The third-order valence-electron chi connectivity index (χ3n) is 7.75. The van der Waals surface area contributed by atoms with E-state index < -0.39 is 110 Å². The Morgan fingerprint density at radius 2 is 1.35 bits per heavy atom. The van der Waals surface area contributed by atoms with Gasteiger partial charge >= 0.3 is 23.3 Å². The van der Waals surface area contributed by atoms with E-state index in [1.165, 1.54) is 12.1 Å². The molecular formula is C30H33O19+. The van der Waals surface area contributed by atoms with Gasteiger partial charge in [-0.25, -0.2) is 4.42 Å². The molecule has 10 atom stereocenters. The summed E-state index contributed by atoms with van der Waals surface area (Å²) in [6.45, 7) is -1.51. The van der Waals surface area contributed by atoms with Crippen molar-refractivity contribution in [3.63, 3.8) is 0 Å². The van der Waals surface area contributed by atoms with Crippen LogP contribution in [-0.4, -0.2) is 143 Å². The first kappa shape index (κ1) is 35.7. The highest BCUT2D eigenvalue weighted by Crippen LogP contribution is 2.43. The van der Waals surface area contributed by atoms with E-state index in [9.17, 15) is 60.7 Å². The van der Waals surface area contributed by atoms with Gasteiger partial charge in [-0.15, -0.1) is 0 Å². The third-order valence-corrected chi connectivity index (χ3v) is 7.75. The van der Waals surface area contributed by atoms with Crippen molar-refractivity contribution in [1.29, 1.82) is 0 Å². The number of carbonyl (C=O) groups excluding carboxylic acids is 1. The smallest absolute Gasteiger partial charge is 0.402 e. The van der Waals surface area contributed by atoms with Crippen molar-refractivity contribution in [2.45, 2.75) is 67.8 Å². The summed E-state index contributed by atoms with van der Waals surface area (Å²) in [4.78, 5) is 22.6. The molecule has 2 aromatic carbocycles. The van der Waals surface area contributed by atoms with Gasteiger partial charge < -0.3 is 79.9 Å². The summed E-state index contributed by atoms with van der Waals surface area (Å²) in [6.07, 6.45) is -18.5. The molecule has 0 spiro atoms. The predicted octanol–water partition coefficient (Wildman–Crippen LogP) is -2.12. The van der Waals surface area contributed by atoms with Crippen LogP contribution in [0.4, 0.5) is 0 Å². The number of aromatic hydroxyl groups is 3. The van der Waals surface area contributed by atoms with Crippen molar-refractivity contribution in [1.82, 2.24) is 0 Å². The molecule has 0 amide bonds. The topological polar surface area (TPSA) is 314 Å². The summed E-state index contributed by atoms with van der Waals surface area (Å²) in [5.41, 5.74) is -0.0738. The van der Waals surface area contributed by atoms with Crippen LogP contribution in [0.2, 0.25) is 0 Å². The fourth-order valence-electron chi connectivity index (χ4n) is 5.14. The van der Waals surface area contributed by atoms with Crippen LogP contribution in [-0.2, 0) is 23.8 Å². The average Bonchev–Trinajstić information content (AvgIpc) is 3.05. The Morgan fingerprint density at radius 3 is 1.96 bits per heavy atom. The van der Waals surface area contributed by atoms with Gasteiger partial charge in [0.1, 0.15) is 78.7 Å². The third kappa shape index (κ3) is 7.54. The van der Waals surface area contributed by atoms with Gasteiger partial charge in [-0.3, -0.25) is 9.59 Å². The number of aliphatic hydroxyl groups excluding tert-OH is 7. The molecule has 49 heavy (non-hydrogen) atoms. The van der Waals surface area contributed by atoms with Crippen LogP contribution in [0.25, 0.3) is 22.3 Å². The summed E-state index contributed by atoms with van der Waals surface area (Å²) < 4.78 is 33.4. The highest BCUT2D eigenvalue weighted by molar-refractivity contribution is 5.90. The van der Waals surface area contributed by atoms with Crippen LogP contribution in [0.5, 0.6) is 28.7 Å². The van der Waals surface area contributed by atoms with Crippen LogP contribution in [0, 0.1) is 0 Å². The molecular weight excluding hydrogens is 664 g/mol. The Balaban J connectivity index is 1.55. The molecule has 2 saturated heterocycles. The van der Waals surface area contributed by atoms with Gasteiger partial charge in [0.05, 0.1) is 18.2 Å². The minimum Gasteiger partial charge on any atom is -0.507 e. The summed E-state index contributed by atoms with van der Waals surface area (Å²) in [6, 6.07) is 6.88. The van der Waals surface area contributed by atoms with E-state index in [4.69, 9.17) is 33.2 Å². The zero-order valence-electron chi connectivity index (χ0n) is 25.0. The first-order valence-corrected chi connectivity index (χ1v) is 14.6. The van der Waals surface area contributed by atoms with Crippen LogP contribution in [0.1, 0.15) is 6.42 Å². The van der Waals surface area contributed by atoms with Crippen molar-refractivity contribution in [3.8, 4) is 40.1 Å². The van der Waals surface area contributed by atoms with E-state index in [0.717, 1.165) is 24.3 Å². The second kappa shape index (κ2) is 14.5. The lowest BCUT2D eigenvalue weighted by Crippen LogP contribution is -2.60. The van der Waals surface area contributed by atoms with Gasteiger partial charge in [-0.05, 0) is 12.1 Å². The van der Waals surface area contributed by atoms with Crippen molar-refractivity contribution in [2.75, 3.05) is 13.2 Å². The van der Waals surface area contributed by atoms with Gasteiger partial charge in [0, 0.05) is 18.2 Å². The lowest BCUT2D eigenvalue weighted by atomic mass is 9.99. The number of phenolic OH excluding ortho intramolecular Hbond substituents is 3. The molecule has 2 fully saturated rings. The first-order valence-electron chi connectivity index (χ1n) is 14.6. The minimum atomic E-state index is -1.96. The summed E-state index contributed by atoms with van der Waals surface area (Å²) in [7, 11) is 0. The van der Waals surface area contributed by atoms with E-state index in [1.54, 1.807) is 0 Å². The second-order valence-electron chi connectivity index (χ2n) is 11.2. The van der Waals surface area contributed by atoms with E-state index in [-0.39, 0.29) is 33.8 Å². The number of fused-ring (bicyclic) bond motifs is 1. The zero-order valence-corrected chi connectivity index (χ0v) is 25.0. The summed E-state index contributed by atoms with van der Waals surface area (Å²) in [5, 5.41) is 111. The predicted molar refractivity (Wildman–Crippen MR) is 156 cm³/mol. The molecule has 0 saturated carbocycles. The molecule has 19 nitrogen and oxygen atoms in total. The molecule has 2 aliphatic heterocycles. The van der Waals surface area contributed by atoms with Crippen LogP contribution in [0.15, 0.2) is 40.8 Å². The van der Waals surface area contributed by atoms with Crippen LogP contribution in [0.3, 0.4) is 0 Å². The van der Waals surface area contributed by atoms with Crippen LogP contribution >= 0.6 is 0 Å². The molecule has 0 aliphatic carbocycles. The molecule has 0 bridgehead atoms. The largest absolute Gasteiger partial charge is 0.507 e. The number of aliphatic hydroxyl groups is 7. The van der Waals surface area contributed by atoms with Crippen molar-refractivity contribution in [3.05, 3.63) is 36.4 Å². The molecule has 0 radical (unpaired) electrons. The van der Waals surface area contributed by atoms with Crippen molar-refractivity contribution in [2.24, 2.45) is 0 Å². The van der Waals surface area contributed by atoms with Gasteiger partial charge in [0.15, 0.2) is 11.5 Å². The number of esters is 1. The number of benzene rings is 2. The number of hydrogen-bond donors (Lipinski definition) is 11. The van der Waals surface area contributed by atoms with Crippen molar-refractivity contribution >= 4 is 22.9 Å². The highest BCUT2D eigenvalue weighted by atomic mass is 16.7. The van der Waals surface area contributed by atoms with E-state index in [2.05, 4.69) is 0 Å². The quantitative estimate of drug-likeness (QED) is 0.0467. The van der Waals surface area contributed by atoms with Gasteiger partial charge in [-0.2, -0.15) is 0 Å². The molecule has 266 valence electrons. The number of carboxylic acid groups (broad SMARTS) is 1. The SMILES string of the molecule is O=C(O)CC(=O)OC[C@H]1O[C@@H](Oc2cc3c(O[C@@H]4O[C@H](CO)[C@@H](O)[C@H](O)[C@H]4O)cc(O)cc3[o+]c2-c2ccc(O)c(O)c2)[C@H](O)[C@@H](O)[C@@H]1O. The number of carboxylic acids is 1. The highest BCUT2D eigenvalue weighted by Gasteiger charge is 2.47. The Labute approximate surface area is 274 Å². The second-order valence-corrected chi connectivity index (χ2v) is 11.2. The molecule has 5 rings (SSSR count). The lowest BCUT2D eigenvalue weighted by molar-refractivity contribution is -0.278. The molecule has 1 aromatic heterocycles. The Kier molecular flexibility index (Phi) is 10.6. The zero-order chi connectivity index (χ0) is 35.7. The lowest BCUT2D eigenvalue weighted by Gasteiger charge is -2.39. The van der Waals surface area contributed by atoms with E-state index in [0.29, 0.717) is 0 Å². The normalized spacial score (nSPS) is 30.1. The van der Waals surface area contributed by atoms with E-state index in [1.807, 2.05) is 0 Å².